The van der Waals surface area contributed by atoms with Crippen molar-refractivity contribution in [2.24, 2.45) is 23.2 Å². The third-order valence-corrected chi connectivity index (χ3v) is 8.09. The van der Waals surface area contributed by atoms with Gasteiger partial charge in [-0.2, -0.15) is 4.98 Å². The second-order valence-electron chi connectivity index (χ2n) is 12.7. The molecule has 0 aliphatic heterocycles. The van der Waals surface area contributed by atoms with Gasteiger partial charge in [-0.15, -0.1) is 0 Å². The molecule has 2 saturated carbocycles. The molecule has 10 nitrogen and oxygen atoms in total. The van der Waals surface area contributed by atoms with Crippen LogP contribution in [0.15, 0.2) is 9.32 Å². The second-order valence-corrected chi connectivity index (χ2v) is 12.7. The summed E-state index contributed by atoms with van der Waals surface area (Å²) in [6.45, 7) is 13.1. The number of hydrogen-bond acceptors (Lipinski definition) is 8. The van der Waals surface area contributed by atoms with E-state index in [0.29, 0.717) is 23.3 Å². The molecule has 2 fully saturated rings. The third kappa shape index (κ3) is 5.67. The highest BCUT2D eigenvalue weighted by atomic mass is 16.5. The first-order valence-electron chi connectivity index (χ1n) is 13.9. The van der Waals surface area contributed by atoms with Crippen molar-refractivity contribution < 1.29 is 4.52 Å². The first-order chi connectivity index (χ1) is 17.6. The van der Waals surface area contributed by atoms with Gasteiger partial charge in [0.15, 0.2) is 11.5 Å². The van der Waals surface area contributed by atoms with Gasteiger partial charge in [0.25, 0.3) is 0 Å². The molecule has 0 saturated heterocycles. The van der Waals surface area contributed by atoms with Gasteiger partial charge < -0.3 is 14.8 Å². The van der Waals surface area contributed by atoms with Crippen LogP contribution in [0.25, 0.3) is 22.8 Å². The van der Waals surface area contributed by atoms with E-state index >= 15 is 0 Å². The Morgan fingerprint density at radius 2 is 1.86 bits per heavy atom. The van der Waals surface area contributed by atoms with Crippen molar-refractivity contribution >= 4 is 22.9 Å². The molecule has 2 N–H and O–H groups in total. The standard InChI is InChI=1S/C27H42N8O2/c1-16-10-12-18(13-11-16)14-35-20-21(28-17(2)19-8-7-9-19)29-23(24-32-26(36)37-33-24)30-22(20)31-25(35)34(6)15-27(3,4)5/h16-19H,7-15H2,1-6H3,(H,28,29,30)(H,32,33,36). The minimum atomic E-state index is -0.626. The molecule has 0 radical (unpaired) electrons. The number of imidazole rings is 1. The zero-order chi connectivity index (χ0) is 26.3. The first-order valence-corrected chi connectivity index (χ1v) is 13.9. The highest BCUT2D eigenvalue weighted by Crippen LogP contribution is 2.36. The van der Waals surface area contributed by atoms with Gasteiger partial charge in [0.1, 0.15) is 5.52 Å². The van der Waals surface area contributed by atoms with Crippen LogP contribution in [0.1, 0.15) is 79.6 Å². The van der Waals surface area contributed by atoms with E-state index < -0.39 is 5.76 Å². The smallest absolute Gasteiger partial charge is 0.365 e. The van der Waals surface area contributed by atoms with Crippen molar-refractivity contribution in [2.75, 3.05) is 23.8 Å². The summed E-state index contributed by atoms with van der Waals surface area (Å²) in [6.07, 6.45) is 8.73. The lowest BCUT2D eigenvalue weighted by atomic mass is 9.80. The van der Waals surface area contributed by atoms with Crippen LogP contribution >= 0.6 is 0 Å². The predicted molar refractivity (Wildman–Crippen MR) is 146 cm³/mol. The number of H-pyrrole nitrogens is 1. The number of aromatic nitrogens is 6. The van der Waals surface area contributed by atoms with E-state index in [2.05, 4.69) is 66.6 Å². The molecule has 0 aromatic carbocycles. The van der Waals surface area contributed by atoms with Crippen LogP contribution in [0.2, 0.25) is 0 Å². The predicted octanol–water partition coefficient (Wildman–Crippen LogP) is 5.08. The maximum Gasteiger partial charge on any atom is 0.439 e. The lowest BCUT2D eigenvalue weighted by Crippen LogP contribution is -2.32. The maximum absolute atomic E-state index is 11.7. The molecule has 1 unspecified atom stereocenters. The number of aromatic amines is 1. The van der Waals surface area contributed by atoms with E-state index in [1.165, 1.54) is 44.9 Å². The lowest BCUT2D eigenvalue weighted by molar-refractivity contribution is 0.266. The van der Waals surface area contributed by atoms with E-state index in [-0.39, 0.29) is 17.3 Å². The van der Waals surface area contributed by atoms with Crippen molar-refractivity contribution in [3.63, 3.8) is 0 Å². The summed E-state index contributed by atoms with van der Waals surface area (Å²) in [6, 6.07) is 0.269. The Morgan fingerprint density at radius 3 is 2.46 bits per heavy atom. The van der Waals surface area contributed by atoms with E-state index in [0.717, 1.165) is 36.3 Å². The van der Waals surface area contributed by atoms with Gasteiger partial charge in [0.05, 0.1) is 0 Å². The van der Waals surface area contributed by atoms with Crippen LogP contribution in [0.3, 0.4) is 0 Å². The average molecular weight is 511 g/mol. The number of fused-ring (bicyclic) bond motifs is 1. The van der Waals surface area contributed by atoms with Gasteiger partial charge in [0, 0.05) is 26.2 Å². The molecule has 0 spiro atoms. The quantitative estimate of drug-likeness (QED) is 0.431. The number of hydrogen-bond donors (Lipinski definition) is 2. The van der Waals surface area contributed by atoms with E-state index in [4.69, 9.17) is 19.5 Å². The van der Waals surface area contributed by atoms with Gasteiger partial charge in [-0.05, 0) is 55.8 Å². The Morgan fingerprint density at radius 1 is 1.14 bits per heavy atom. The Hall–Kier alpha value is -2.91. The summed E-state index contributed by atoms with van der Waals surface area (Å²) >= 11 is 0. The summed E-state index contributed by atoms with van der Waals surface area (Å²) in [4.78, 5) is 31.2. The van der Waals surface area contributed by atoms with Crippen molar-refractivity contribution in [3.05, 3.63) is 10.6 Å². The number of anilines is 2. The van der Waals surface area contributed by atoms with Gasteiger partial charge in [-0.1, -0.05) is 52.1 Å². The molecule has 5 rings (SSSR count). The van der Waals surface area contributed by atoms with Crippen molar-refractivity contribution in [1.29, 1.82) is 0 Å². The number of nitrogens with zero attached hydrogens (tertiary/aromatic N) is 6. The van der Waals surface area contributed by atoms with Gasteiger partial charge in [-0.25, -0.2) is 14.8 Å². The fourth-order valence-electron chi connectivity index (χ4n) is 5.85. The molecule has 10 heteroatoms. The van der Waals surface area contributed by atoms with Gasteiger partial charge in [0.2, 0.25) is 17.6 Å². The van der Waals surface area contributed by atoms with E-state index in [1.54, 1.807) is 0 Å². The average Bonchev–Trinajstić information content (AvgIpc) is 3.37. The highest BCUT2D eigenvalue weighted by Gasteiger charge is 2.29. The zero-order valence-electron chi connectivity index (χ0n) is 23.2. The number of rotatable bonds is 8. The highest BCUT2D eigenvalue weighted by molar-refractivity contribution is 5.87. The molecular weight excluding hydrogens is 468 g/mol. The minimum absolute atomic E-state index is 0.106. The monoisotopic (exact) mass is 510 g/mol. The van der Waals surface area contributed by atoms with E-state index in [1.807, 2.05) is 0 Å². The second kappa shape index (κ2) is 10.1. The van der Waals surface area contributed by atoms with Crippen molar-refractivity contribution in [2.45, 2.75) is 92.2 Å². The Bertz CT molecular complexity index is 1270. The Labute approximate surface area is 218 Å². The molecule has 37 heavy (non-hydrogen) atoms. The topological polar surface area (TPSA) is 118 Å². The molecule has 0 amide bonds. The summed E-state index contributed by atoms with van der Waals surface area (Å²) in [5.74, 6) is 3.57. The molecule has 3 aromatic heterocycles. The molecular formula is C27H42N8O2. The van der Waals surface area contributed by atoms with Crippen LogP contribution in [0.4, 0.5) is 11.8 Å². The van der Waals surface area contributed by atoms with Crippen LogP contribution in [0, 0.1) is 23.2 Å². The normalized spacial score (nSPS) is 21.7. The zero-order valence-corrected chi connectivity index (χ0v) is 23.2. The van der Waals surface area contributed by atoms with E-state index in [9.17, 15) is 4.79 Å². The summed E-state index contributed by atoms with van der Waals surface area (Å²) in [7, 11) is 2.11. The largest absolute Gasteiger partial charge is 0.439 e. The molecule has 1 atom stereocenters. The summed E-state index contributed by atoms with van der Waals surface area (Å²) in [5, 5.41) is 7.56. The molecule has 202 valence electrons. The first kappa shape index (κ1) is 25.7. The summed E-state index contributed by atoms with van der Waals surface area (Å²) in [5.41, 5.74) is 1.64. The van der Waals surface area contributed by atoms with Crippen LogP contribution < -0.4 is 16.0 Å². The van der Waals surface area contributed by atoms with Gasteiger partial charge >= 0.3 is 5.76 Å². The number of nitrogens with one attached hydrogen (secondary N) is 2. The third-order valence-electron chi connectivity index (χ3n) is 8.09. The van der Waals surface area contributed by atoms with Crippen LogP contribution in [0.5, 0.6) is 0 Å². The fourth-order valence-corrected chi connectivity index (χ4v) is 5.85. The fraction of sp³-hybridized carbons (Fsp3) is 0.741. The van der Waals surface area contributed by atoms with Crippen LogP contribution in [-0.2, 0) is 6.54 Å². The van der Waals surface area contributed by atoms with Gasteiger partial charge in [-0.3, -0.25) is 9.51 Å². The molecule has 0 bridgehead atoms. The minimum Gasteiger partial charge on any atom is -0.365 e. The lowest BCUT2D eigenvalue weighted by Gasteiger charge is -2.33. The Balaban J connectivity index is 1.63. The molecule has 2 aliphatic carbocycles. The molecule has 3 aromatic rings. The maximum atomic E-state index is 11.7. The summed E-state index contributed by atoms with van der Waals surface area (Å²) < 4.78 is 7.09. The van der Waals surface area contributed by atoms with Crippen molar-refractivity contribution in [3.8, 4) is 11.6 Å². The van der Waals surface area contributed by atoms with Crippen LogP contribution in [-0.4, -0.2) is 49.3 Å². The van der Waals surface area contributed by atoms with Crippen molar-refractivity contribution in [1.82, 2.24) is 29.7 Å². The molecule has 3 heterocycles. The Kier molecular flexibility index (Phi) is 7.02. The SMILES string of the molecule is CC1CCC(Cn2c(N(C)CC(C)(C)C)nc3nc(-c4noc(=O)[nH]4)nc(NC(C)C4CCC4)c32)CC1. The molecule has 2 aliphatic rings.